The standard InChI is InChI=1S/C53H52F2N10O8/c1-3-35-40(54)11-6-29-18-34(66)20-38(43(29)35)45-44(55)46-39(22-58-45)47(63-24-31-7-8-32(25-63)59-31)62-51(61-46)73-27-53-15-14-33(64(53)23-28(2)21-53)26-72-52(71)57-17-5-4-16-56-30-9-10-36-37(19-30)50(70)65(49(36)69)41-12-13-42(67)60-48(41)68/h1,6,9-11,18-20,22,31-33,41,56,59,66H,2,4-5,7-8,12-17,21,23-27H2,(H,57,71)(H,60,67,68)/t31?,32?,33-,41?,53-/m0/s1. The average molecular weight is 995 g/mol. The average Bonchev–Trinajstić information content (AvgIpc) is 4.07. The molecular formula is C53H52F2N10O8. The number of alkyl carbamates (subject to hydrolysis) is 1. The summed E-state index contributed by atoms with van der Waals surface area (Å²) in [6.07, 6.45) is 12.2. The van der Waals surface area contributed by atoms with Crippen molar-refractivity contribution in [3.63, 3.8) is 0 Å². The van der Waals surface area contributed by atoms with Gasteiger partial charge < -0.3 is 35.4 Å². The van der Waals surface area contributed by atoms with E-state index in [0.29, 0.717) is 80.7 Å². The maximum atomic E-state index is 17.2. The number of aromatic nitrogens is 3. The number of aromatic hydroxyl groups is 1. The van der Waals surface area contributed by atoms with Gasteiger partial charge in [-0.2, -0.15) is 9.97 Å². The maximum absolute atomic E-state index is 17.2. The number of imide groups is 2. The molecule has 5 N–H and O–H groups in total. The Kier molecular flexibility index (Phi) is 12.4. The molecule has 2 aromatic heterocycles. The molecule has 2 bridgehead atoms. The first kappa shape index (κ1) is 47.6. The lowest BCUT2D eigenvalue weighted by atomic mass is 9.94. The van der Waals surface area contributed by atoms with E-state index in [-0.39, 0.29) is 94.8 Å². The van der Waals surface area contributed by atoms with E-state index in [1.54, 1.807) is 18.2 Å². The Labute approximate surface area is 417 Å². The van der Waals surface area contributed by atoms with E-state index in [4.69, 9.17) is 20.9 Å². The molecule has 0 aliphatic carbocycles. The van der Waals surface area contributed by atoms with Crippen LogP contribution < -0.4 is 30.9 Å². The fourth-order valence-corrected chi connectivity index (χ4v) is 11.7. The van der Waals surface area contributed by atoms with Crippen molar-refractivity contribution in [3.8, 4) is 35.4 Å². The Morgan fingerprint density at radius 2 is 1.77 bits per heavy atom. The number of fused-ring (bicyclic) bond motifs is 6. The lowest BCUT2D eigenvalue weighted by Gasteiger charge is -2.35. The number of nitrogens with one attached hydrogen (secondary N) is 4. The molecule has 5 atom stereocenters. The summed E-state index contributed by atoms with van der Waals surface area (Å²) in [5.74, 6) is -1.03. The van der Waals surface area contributed by atoms with Gasteiger partial charge in [-0.3, -0.25) is 39.3 Å². The van der Waals surface area contributed by atoms with Gasteiger partial charge in [-0.05, 0) is 93.2 Å². The van der Waals surface area contributed by atoms with Gasteiger partial charge in [0, 0.05) is 80.1 Å². The highest BCUT2D eigenvalue weighted by atomic mass is 19.1. The number of phenolic OH excluding ortho intramolecular Hbond substituents is 1. The number of halogens is 2. The quantitative estimate of drug-likeness (QED) is 0.0412. The molecule has 3 aromatic carbocycles. The number of terminal acetylenes is 1. The van der Waals surface area contributed by atoms with Crippen LogP contribution in [0.25, 0.3) is 32.9 Å². The number of rotatable bonds is 14. The van der Waals surface area contributed by atoms with Crippen LogP contribution in [0.4, 0.5) is 25.1 Å². The number of nitrogens with zero attached hydrogens (tertiary/aromatic N) is 6. The number of anilines is 2. The lowest BCUT2D eigenvalue weighted by Crippen LogP contribution is -2.54. The van der Waals surface area contributed by atoms with Gasteiger partial charge in [0.05, 0.1) is 27.6 Å². The minimum atomic E-state index is -1.04. The first-order chi connectivity index (χ1) is 35.3. The summed E-state index contributed by atoms with van der Waals surface area (Å²) in [6.45, 7) is 7.32. The van der Waals surface area contributed by atoms with E-state index in [1.165, 1.54) is 30.5 Å². The van der Waals surface area contributed by atoms with Crippen LogP contribution in [0.5, 0.6) is 11.8 Å². The molecule has 18 nitrogen and oxygen atoms in total. The summed E-state index contributed by atoms with van der Waals surface area (Å²) >= 11 is 0. The van der Waals surface area contributed by atoms with Crippen LogP contribution in [0.2, 0.25) is 0 Å². The molecule has 3 unspecified atom stereocenters. The highest BCUT2D eigenvalue weighted by Gasteiger charge is 2.52. The molecule has 5 saturated heterocycles. The Bertz CT molecular complexity index is 3210. The molecule has 5 aromatic rings. The minimum Gasteiger partial charge on any atom is -0.508 e. The number of hydrogen-bond donors (Lipinski definition) is 5. The zero-order valence-electron chi connectivity index (χ0n) is 39.8. The number of carbonyl (C=O) groups is 5. The number of piperidine rings is 1. The number of carbonyl (C=O) groups excluding carboxylic acids is 5. The van der Waals surface area contributed by atoms with Gasteiger partial charge in [0.1, 0.15) is 47.9 Å². The van der Waals surface area contributed by atoms with Crippen LogP contribution in [-0.4, -0.2) is 135 Å². The number of unbranched alkanes of at least 4 members (excludes halogenated alkanes) is 1. The Morgan fingerprint density at radius 3 is 2.56 bits per heavy atom. The summed E-state index contributed by atoms with van der Waals surface area (Å²) < 4.78 is 44.5. The molecular weight excluding hydrogens is 943 g/mol. The molecule has 5 amide bonds. The third kappa shape index (κ3) is 8.79. The van der Waals surface area contributed by atoms with Gasteiger partial charge in [-0.25, -0.2) is 13.6 Å². The van der Waals surface area contributed by atoms with E-state index >= 15 is 8.78 Å². The van der Waals surface area contributed by atoms with Crippen LogP contribution in [0.15, 0.2) is 60.8 Å². The first-order valence-corrected chi connectivity index (χ1v) is 24.6. The van der Waals surface area contributed by atoms with Crippen molar-refractivity contribution >= 4 is 62.9 Å². The lowest BCUT2D eigenvalue weighted by molar-refractivity contribution is -0.136. The minimum absolute atomic E-state index is 0.0288. The predicted octanol–water partition coefficient (Wildman–Crippen LogP) is 5.31. The van der Waals surface area contributed by atoms with Crippen LogP contribution in [-0.2, 0) is 14.3 Å². The summed E-state index contributed by atoms with van der Waals surface area (Å²) in [7, 11) is 0. The monoisotopic (exact) mass is 994 g/mol. The van der Waals surface area contributed by atoms with Crippen LogP contribution >= 0.6 is 0 Å². The molecule has 11 rings (SSSR count). The van der Waals surface area contributed by atoms with Crippen LogP contribution in [0, 0.1) is 24.0 Å². The van der Waals surface area contributed by atoms with E-state index in [0.717, 1.165) is 29.7 Å². The zero-order valence-corrected chi connectivity index (χ0v) is 39.8. The van der Waals surface area contributed by atoms with Crippen molar-refractivity contribution in [1.82, 2.24) is 40.7 Å². The summed E-state index contributed by atoms with van der Waals surface area (Å²) in [5, 5.41) is 23.6. The van der Waals surface area contributed by atoms with Gasteiger partial charge in [0.15, 0.2) is 5.82 Å². The molecule has 8 heterocycles. The summed E-state index contributed by atoms with van der Waals surface area (Å²) in [4.78, 5) is 82.6. The molecule has 6 aliphatic rings. The van der Waals surface area contributed by atoms with Gasteiger partial charge in [0.25, 0.3) is 11.8 Å². The topological polar surface area (TPSA) is 221 Å². The highest BCUT2D eigenvalue weighted by molar-refractivity contribution is 6.23. The van der Waals surface area contributed by atoms with Gasteiger partial charge in [-0.1, -0.05) is 24.1 Å². The van der Waals surface area contributed by atoms with E-state index in [1.807, 2.05) is 0 Å². The Morgan fingerprint density at radius 1 is 0.973 bits per heavy atom. The van der Waals surface area contributed by atoms with E-state index in [9.17, 15) is 29.1 Å². The smallest absolute Gasteiger partial charge is 0.407 e. The summed E-state index contributed by atoms with van der Waals surface area (Å²) in [5.41, 5.74) is 1.32. The SMILES string of the molecule is C#Cc1c(F)ccc2cc(O)cc(-c3ncc4c(N5CC6CCC(C5)N6)nc(OC[C@@]56CC[C@@H](COC(=O)NCCCCNc7ccc8c(c7)C(=O)N(C7CCC(=O)NC7=O)C8=O)N5CC(=C)C6)nc4c3F)c12. The number of piperazine rings is 1. The third-order valence-electron chi connectivity index (χ3n) is 15.1. The second-order valence-electron chi connectivity index (χ2n) is 19.8. The summed E-state index contributed by atoms with van der Waals surface area (Å²) in [6, 6.07) is 9.53. The van der Waals surface area contributed by atoms with Crippen molar-refractivity contribution in [3.05, 3.63) is 89.1 Å². The number of ether oxygens (including phenoxy) is 2. The number of phenols is 1. The van der Waals surface area contributed by atoms with Crippen molar-refractivity contribution in [2.24, 2.45) is 0 Å². The Balaban J connectivity index is 0.722. The molecule has 20 heteroatoms. The second-order valence-corrected chi connectivity index (χ2v) is 19.8. The van der Waals surface area contributed by atoms with E-state index in [2.05, 4.69) is 53.5 Å². The van der Waals surface area contributed by atoms with Gasteiger partial charge >= 0.3 is 12.1 Å². The molecule has 73 heavy (non-hydrogen) atoms. The zero-order chi connectivity index (χ0) is 50.7. The molecule has 0 radical (unpaired) electrons. The molecule has 5 fully saturated rings. The van der Waals surface area contributed by atoms with Crippen molar-refractivity contribution < 1.29 is 47.3 Å². The number of hydrogen-bond acceptors (Lipinski definition) is 15. The first-order valence-electron chi connectivity index (χ1n) is 24.6. The normalized spacial score (nSPS) is 23.5. The van der Waals surface area contributed by atoms with Crippen LogP contribution in [0.3, 0.4) is 0 Å². The van der Waals surface area contributed by atoms with Crippen molar-refractivity contribution in [2.75, 3.05) is 56.2 Å². The van der Waals surface area contributed by atoms with Crippen LogP contribution in [0.1, 0.15) is 84.1 Å². The Hall–Kier alpha value is -7.76. The second kappa shape index (κ2) is 19.0. The molecule has 376 valence electrons. The van der Waals surface area contributed by atoms with Gasteiger partial charge in [0.2, 0.25) is 11.8 Å². The van der Waals surface area contributed by atoms with Gasteiger partial charge in [-0.15, -0.1) is 6.42 Å². The number of benzene rings is 3. The molecule has 6 aliphatic heterocycles. The largest absolute Gasteiger partial charge is 0.508 e. The van der Waals surface area contributed by atoms with Crippen molar-refractivity contribution in [1.29, 1.82) is 0 Å². The predicted molar refractivity (Wildman–Crippen MR) is 264 cm³/mol. The molecule has 0 spiro atoms. The maximum Gasteiger partial charge on any atom is 0.407 e. The number of amides is 5. The fraction of sp³-hybridized carbons (Fsp3) is 0.396. The number of pyridine rings is 1. The van der Waals surface area contributed by atoms with Crippen molar-refractivity contribution in [2.45, 2.75) is 87.5 Å². The fourth-order valence-electron chi connectivity index (χ4n) is 11.7. The van der Waals surface area contributed by atoms with E-state index < -0.39 is 52.9 Å². The molecule has 0 saturated carbocycles. The highest BCUT2D eigenvalue weighted by Crippen LogP contribution is 2.45. The third-order valence-corrected chi connectivity index (χ3v) is 15.1.